The zero-order valence-corrected chi connectivity index (χ0v) is 14.6. The summed E-state index contributed by atoms with van der Waals surface area (Å²) in [7, 11) is 0. The molecule has 140 valence electrons. The molecule has 2 aromatic rings. The maximum Gasteiger partial charge on any atom is 0.405 e. The Morgan fingerprint density at radius 2 is 1.96 bits per heavy atom. The number of pyridine rings is 1. The van der Waals surface area contributed by atoms with Crippen LogP contribution < -0.4 is 10.6 Å². The second kappa shape index (κ2) is 7.77. The van der Waals surface area contributed by atoms with Gasteiger partial charge in [-0.2, -0.15) is 13.2 Å². The summed E-state index contributed by atoms with van der Waals surface area (Å²) in [6.07, 6.45) is -4.42. The third kappa shape index (κ3) is 4.44. The molecule has 1 aliphatic heterocycles. The van der Waals surface area contributed by atoms with Gasteiger partial charge in [0, 0.05) is 43.1 Å². The molecule has 1 saturated heterocycles. The standard InChI is InChI=1S/C17H18ClF3N4O/c18-12-3-1-11-2-4-13(24-14(11)9-12)16(26)23-10-15(17(19,20)21)25-7-5-22-6-8-25/h1-4,9,15,22H,5-8,10H2,(H,23,26). The number of nitrogens with one attached hydrogen (secondary N) is 2. The highest BCUT2D eigenvalue weighted by Gasteiger charge is 2.43. The van der Waals surface area contributed by atoms with E-state index in [1.54, 1.807) is 24.3 Å². The molecule has 2 heterocycles. The Kier molecular flexibility index (Phi) is 5.64. The molecule has 1 fully saturated rings. The number of carbonyl (C=O) groups is 1. The lowest BCUT2D eigenvalue weighted by Gasteiger charge is -2.35. The van der Waals surface area contributed by atoms with Crippen molar-refractivity contribution in [1.29, 1.82) is 0 Å². The fourth-order valence-corrected chi connectivity index (χ4v) is 3.11. The maximum atomic E-state index is 13.4. The van der Waals surface area contributed by atoms with Crippen molar-refractivity contribution in [3.8, 4) is 0 Å². The van der Waals surface area contributed by atoms with Crippen LogP contribution in [0, 0.1) is 0 Å². The zero-order valence-electron chi connectivity index (χ0n) is 13.8. The summed E-state index contributed by atoms with van der Waals surface area (Å²) in [6, 6.07) is 6.52. The van der Waals surface area contributed by atoms with Gasteiger partial charge >= 0.3 is 6.18 Å². The van der Waals surface area contributed by atoms with Gasteiger partial charge in [-0.1, -0.05) is 23.7 Å². The Bertz CT molecular complexity index is 793. The molecule has 1 aromatic carbocycles. The minimum Gasteiger partial charge on any atom is -0.349 e. The van der Waals surface area contributed by atoms with E-state index < -0.39 is 24.7 Å². The van der Waals surface area contributed by atoms with Gasteiger partial charge in [-0.15, -0.1) is 0 Å². The average molecular weight is 387 g/mol. The molecule has 0 saturated carbocycles. The van der Waals surface area contributed by atoms with Gasteiger partial charge in [-0.25, -0.2) is 4.98 Å². The molecule has 1 unspecified atom stereocenters. The van der Waals surface area contributed by atoms with Crippen LogP contribution in [0.3, 0.4) is 0 Å². The summed E-state index contributed by atoms with van der Waals surface area (Å²) < 4.78 is 40.1. The fourth-order valence-electron chi connectivity index (χ4n) is 2.94. The number of hydrogen-bond donors (Lipinski definition) is 2. The molecule has 0 radical (unpaired) electrons. The topological polar surface area (TPSA) is 57.3 Å². The number of aromatic nitrogens is 1. The molecule has 5 nitrogen and oxygen atoms in total. The number of halogens is 4. The summed E-state index contributed by atoms with van der Waals surface area (Å²) in [5.74, 6) is -0.642. The van der Waals surface area contributed by atoms with Crippen molar-refractivity contribution in [2.24, 2.45) is 0 Å². The smallest absolute Gasteiger partial charge is 0.349 e. The molecule has 26 heavy (non-hydrogen) atoms. The molecule has 1 aromatic heterocycles. The van der Waals surface area contributed by atoms with Crippen molar-refractivity contribution in [2.45, 2.75) is 12.2 Å². The van der Waals surface area contributed by atoms with Crippen LogP contribution in [0.15, 0.2) is 30.3 Å². The van der Waals surface area contributed by atoms with Gasteiger partial charge in [0.15, 0.2) is 0 Å². The van der Waals surface area contributed by atoms with E-state index in [9.17, 15) is 18.0 Å². The van der Waals surface area contributed by atoms with Crippen LogP contribution >= 0.6 is 11.6 Å². The Morgan fingerprint density at radius 3 is 2.65 bits per heavy atom. The van der Waals surface area contributed by atoms with Crippen LogP contribution in [0.25, 0.3) is 10.9 Å². The summed E-state index contributed by atoms with van der Waals surface area (Å²) in [5.41, 5.74) is 0.570. The lowest BCUT2D eigenvalue weighted by Crippen LogP contribution is -2.57. The summed E-state index contributed by atoms with van der Waals surface area (Å²) in [5, 5.41) is 6.64. The fraction of sp³-hybridized carbons (Fsp3) is 0.412. The van der Waals surface area contributed by atoms with Crippen LogP contribution in [-0.4, -0.2) is 60.7 Å². The molecular formula is C17H18ClF3N4O. The van der Waals surface area contributed by atoms with Gasteiger partial charge in [-0.3, -0.25) is 9.69 Å². The van der Waals surface area contributed by atoms with Crippen LogP contribution in [0.5, 0.6) is 0 Å². The van der Waals surface area contributed by atoms with Crippen LogP contribution in [0.1, 0.15) is 10.5 Å². The average Bonchev–Trinajstić information content (AvgIpc) is 2.61. The number of piperazine rings is 1. The highest BCUT2D eigenvalue weighted by molar-refractivity contribution is 6.31. The monoisotopic (exact) mass is 386 g/mol. The van der Waals surface area contributed by atoms with Gasteiger partial charge in [0.05, 0.1) is 5.52 Å². The van der Waals surface area contributed by atoms with Crippen molar-refractivity contribution >= 4 is 28.4 Å². The number of carbonyl (C=O) groups excluding carboxylic acids is 1. The summed E-state index contributed by atoms with van der Waals surface area (Å²) in [6.45, 7) is 1.04. The number of nitrogens with zero attached hydrogens (tertiary/aromatic N) is 2. The number of hydrogen-bond acceptors (Lipinski definition) is 4. The summed E-state index contributed by atoms with van der Waals surface area (Å²) in [4.78, 5) is 17.8. The molecule has 1 amide bonds. The van der Waals surface area contributed by atoms with E-state index in [2.05, 4.69) is 15.6 Å². The highest BCUT2D eigenvalue weighted by atomic mass is 35.5. The number of amides is 1. The first-order chi connectivity index (χ1) is 12.3. The van der Waals surface area contributed by atoms with E-state index in [0.717, 1.165) is 5.39 Å². The first-order valence-electron chi connectivity index (χ1n) is 8.20. The van der Waals surface area contributed by atoms with Gasteiger partial charge in [-0.05, 0) is 18.2 Å². The van der Waals surface area contributed by atoms with Crippen LogP contribution in [0.4, 0.5) is 13.2 Å². The van der Waals surface area contributed by atoms with Gasteiger partial charge in [0.1, 0.15) is 11.7 Å². The number of alkyl halides is 3. The van der Waals surface area contributed by atoms with Crippen molar-refractivity contribution in [1.82, 2.24) is 20.5 Å². The normalized spacial score (nSPS) is 17.2. The second-order valence-corrected chi connectivity index (χ2v) is 6.52. The lowest BCUT2D eigenvalue weighted by atomic mass is 10.2. The van der Waals surface area contributed by atoms with Crippen LogP contribution in [-0.2, 0) is 0 Å². The molecular weight excluding hydrogens is 369 g/mol. The van der Waals surface area contributed by atoms with Crippen molar-refractivity contribution in [2.75, 3.05) is 32.7 Å². The van der Waals surface area contributed by atoms with E-state index in [0.29, 0.717) is 23.6 Å². The zero-order chi connectivity index (χ0) is 18.7. The summed E-state index contributed by atoms with van der Waals surface area (Å²) >= 11 is 5.91. The Labute approximate surface area is 153 Å². The molecule has 0 spiro atoms. The third-order valence-corrected chi connectivity index (χ3v) is 4.55. The molecule has 9 heteroatoms. The first-order valence-corrected chi connectivity index (χ1v) is 8.58. The molecule has 0 bridgehead atoms. The van der Waals surface area contributed by atoms with E-state index in [1.165, 1.54) is 11.0 Å². The molecule has 3 rings (SSSR count). The Hall–Kier alpha value is -1.90. The number of rotatable bonds is 4. The molecule has 2 N–H and O–H groups in total. The predicted molar refractivity (Wildman–Crippen MR) is 93.4 cm³/mol. The van der Waals surface area contributed by atoms with Crippen LogP contribution in [0.2, 0.25) is 5.02 Å². The number of fused-ring (bicyclic) bond motifs is 1. The van der Waals surface area contributed by atoms with E-state index in [1.807, 2.05) is 0 Å². The minimum atomic E-state index is -4.42. The second-order valence-electron chi connectivity index (χ2n) is 6.09. The largest absolute Gasteiger partial charge is 0.405 e. The lowest BCUT2D eigenvalue weighted by molar-refractivity contribution is -0.183. The SMILES string of the molecule is O=C(NCC(N1CCNCC1)C(F)(F)F)c1ccc2ccc(Cl)cc2n1. The molecule has 0 aliphatic carbocycles. The first kappa shape index (κ1) is 18.9. The molecule has 1 aliphatic rings. The van der Waals surface area contributed by atoms with Crippen molar-refractivity contribution in [3.63, 3.8) is 0 Å². The maximum absolute atomic E-state index is 13.4. The highest BCUT2D eigenvalue weighted by Crippen LogP contribution is 2.25. The predicted octanol–water partition coefficient (Wildman–Crippen LogP) is 2.45. The van der Waals surface area contributed by atoms with Crippen molar-refractivity contribution in [3.05, 3.63) is 41.0 Å². The van der Waals surface area contributed by atoms with E-state index >= 15 is 0 Å². The minimum absolute atomic E-state index is 0.0565. The molecule has 1 atom stereocenters. The Balaban J connectivity index is 1.71. The Morgan fingerprint density at radius 1 is 1.27 bits per heavy atom. The van der Waals surface area contributed by atoms with E-state index in [4.69, 9.17) is 11.6 Å². The quantitative estimate of drug-likeness (QED) is 0.847. The number of benzene rings is 1. The van der Waals surface area contributed by atoms with E-state index in [-0.39, 0.29) is 18.8 Å². The van der Waals surface area contributed by atoms with Gasteiger partial charge in [0.2, 0.25) is 0 Å². The van der Waals surface area contributed by atoms with Gasteiger partial charge < -0.3 is 10.6 Å². The van der Waals surface area contributed by atoms with Crippen molar-refractivity contribution < 1.29 is 18.0 Å². The third-order valence-electron chi connectivity index (χ3n) is 4.31. The van der Waals surface area contributed by atoms with Gasteiger partial charge in [0.25, 0.3) is 5.91 Å².